The number of Topliss-reactive ketones (excluding diaryl/α,β-unsaturated/α-hetero) is 1. The van der Waals surface area contributed by atoms with E-state index in [9.17, 15) is 4.79 Å². The van der Waals surface area contributed by atoms with Gasteiger partial charge in [0.1, 0.15) is 11.5 Å². The van der Waals surface area contributed by atoms with Crippen LogP contribution in [-0.2, 0) is 9.53 Å². The molecule has 0 aliphatic carbocycles. The summed E-state index contributed by atoms with van der Waals surface area (Å²) in [5.74, 6) is -0.512. The lowest BCUT2D eigenvalue weighted by molar-refractivity contribution is -0.139. The Morgan fingerprint density at radius 3 is 2.86 bits per heavy atom. The van der Waals surface area contributed by atoms with Gasteiger partial charge in [-0.3, -0.25) is 4.79 Å². The summed E-state index contributed by atoms with van der Waals surface area (Å²) in [6.07, 6.45) is 3.19. The highest BCUT2D eigenvalue weighted by Crippen LogP contribution is 2.29. The van der Waals surface area contributed by atoms with Gasteiger partial charge in [-0.2, -0.15) is 5.26 Å². The van der Waals surface area contributed by atoms with Gasteiger partial charge in [-0.15, -0.1) is 0 Å². The summed E-state index contributed by atoms with van der Waals surface area (Å²) >= 11 is 0. The molecule has 0 N–H and O–H groups in total. The predicted molar refractivity (Wildman–Crippen MR) is 52.6 cm³/mol. The van der Waals surface area contributed by atoms with Gasteiger partial charge in [0, 0.05) is 6.61 Å². The molecule has 14 heavy (non-hydrogen) atoms. The largest absolute Gasteiger partial charge is 0.367 e. The van der Waals surface area contributed by atoms with Crippen LogP contribution in [0.15, 0.2) is 0 Å². The Hall–Kier alpha value is -0.880. The molecular formula is C11H17NO2. The van der Waals surface area contributed by atoms with Crippen LogP contribution in [0.1, 0.15) is 39.5 Å². The lowest BCUT2D eigenvalue weighted by atomic mass is 9.86. The molecule has 3 heteroatoms. The summed E-state index contributed by atoms with van der Waals surface area (Å²) in [7, 11) is 0. The predicted octanol–water partition coefficient (Wildman–Crippen LogP) is 2.06. The van der Waals surface area contributed by atoms with E-state index in [2.05, 4.69) is 6.07 Å². The van der Waals surface area contributed by atoms with E-state index < -0.39 is 11.5 Å². The third-order valence-corrected chi connectivity index (χ3v) is 2.79. The van der Waals surface area contributed by atoms with Crippen molar-refractivity contribution in [1.29, 1.82) is 5.26 Å². The molecule has 1 rings (SSSR count). The van der Waals surface area contributed by atoms with E-state index in [-0.39, 0.29) is 5.78 Å². The number of ether oxygens (including phenoxy) is 1. The molecule has 1 saturated heterocycles. The van der Waals surface area contributed by atoms with Crippen LogP contribution in [0.5, 0.6) is 0 Å². The fourth-order valence-electron chi connectivity index (χ4n) is 1.88. The highest BCUT2D eigenvalue weighted by Gasteiger charge is 2.41. The van der Waals surface area contributed by atoms with Gasteiger partial charge in [-0.1, -0.05) is 13.3 Å². The molecule has 0 aromatic rings. The zero-order chi connectivity index (χ0) is 10.6. The Bertz CT molecular complexity index is 249. The third-order valence-electron chi connectivity index (χ3n) is 2.79. The first-order valence-corrected chi connectivity index (χ1v) is 5.22. The molecule has 0 aromatic heterocycles. The zero-order valence-electron chi connectivity index (χ0n) is 8.88. The average molecular weight is 195 g/mol. The Balaban J connectivity index is 2.67. The van der Waals surface area contributed by atoms with Gasteiger partial charge >= 0.3 is 0 Å². The van der Waals surface area contributed by atoms with Crippen molar-refractivity contribution in [3.63, 3.8) is 0 Å². The van der Waals surface area contributed by atoms with E-state index in [4.69, 9.17) is 10.00 Å². The minimum Gasteiger partial charge on any atom is -0.367 e. The number of carbonyl (C=O) groups excluding carboxylic acids is 1. The molecule has 0 amide bonds. The summed E-state index contributed by atoms with van der Waals surface area (Å²) in [4.78, 5) is 11.9. The molecule has 78 valence electrons. The van der Waals surface area contributed by atoms with Crippen molar-refractivity contribution >= 4 is 5.78 Å². The molecule has 0 radical (unpaired) electrons. The topological polar surface area (TPSA) is 50.1 Å². The number of hydrogen-bond donors (Lipinski definition) is 0. The molecule has 1 fully saturated rings. The van der Waals surface area contributed by atoms with E-state index in [0.29, 0.717) is 13.0 Å². The van der Waals surface area contributed by atoms with Gasteiger partial charge in [-0.05, 0) is 26.2 Å². The molecule has 1 heterocycles. The van der Waals surface area contributed by atoms with Crippen LogP contribution in [0.3, 0.4) is 0 Å². The summed E-state index contributed by atoms with van der Waals surface area (Å²) in [6.45, 7) is 4.43. The van der Waals surface area contributed by atoms with E-state index in [1.807, 2.05) is 13.8 Å². The quantitative estimate of drug-likeness (QED) is 0.690. The minimum atomic E-state index is -0.685. The van der Waals surface area contributed by atoms with Gasteiger partial charge in [0.25, 0.3) is 0 Å². The second kappa shape index (κ2) is 4.56. The third kappa shape index (κ3) is 2.13. The molecule has 0 aromatic carbocycles. The number of nitriles is 1. The van der Waals surface area contributed by atoms with Crippen molar-refractivity contribution in [3.05, 3.63) is 0 Å². The van der Waals surface area contributed by atoms with Crippen LogP contribution < -0.4 is 0 Å². The van der Waals surface area contributed by atoms with Gasteiger partial charge in [0.05, 0.1) is 6.07 Å². The van der Waals surface area contributed by atoms with Crippen LogP contribution in [0.2, 0.25) is 0 Å². The highest BCUT2D eigenvalue weighted by molar-refractivity contribution is 5.91. The van der Waals surface area contributed by atoms with Crippen molar-refractivity contribution in [2.24, 2.45) is 5.92 Å². The number of hydrogen-bond acceptors (Lipinski definition) is 3. The number of nitrogens with zero attached hydrogens (tertiary/aromatic N) is 1. The van der Waals surface area contributed by atoms with Crippen LogP contribution in [0.4, 0.5) is 0 Å². The van der Waals surface area contributed by atoms with E-state index in [1.54, 1.807) is 0 Å². The van der Waals surface area contributed by atoms with E-state index in [1.165, 1.54) is 0 Å². The summed E-state index contributed by atoms with van der Waals surface area (Å²) in [6, 6.07) is 2.08. The maximum absolute atomic E-state index is 11.9. The van der Waals surface area contributed by atoms with Crippen molar-refractivity contribution in [3.8, 4) is 6.07 Å². The molecule has 1 aliphatic rings. The Morgan fingerprint density at radius 1 is 1.71 bits per heavy atom. The maximum atomic E-state index is 11.9. The fourth-order valence-corrected chi connectivity index (χ4v) is 1.88. The number of carbonyl (C=O) groups is 1. The molecule has 0 bridgehead atoms. The van der Waals surface area contributed by atoms with Gasteiger partial charge in [0.15, 0.2) is 5.78 Å². The first-order valence-electron chi connectivity index (χ1n) is 5.22. The second-order valence-corrected chi connectivity index (χ2v) is 4.02. The molecule has 0 saturated carbocycles. The second-order valence-electron chi connectivity index (χ2n) is 4.02. The molecule has 3 nitrogen and oxygen atoms in total. The minimum absolute atomic E-state index is 0.0284. The Kier molecular flexibility index (Phi) is 3.65. The lowest BCUT2D eigenvalue weighted by Gasteiger charge is -2.23. The van der Waals surface area contributed by atoms with Crippen LogP contribution >= 0.6 is 0 Å². The average Bonchev–Trinajstić information content (AvgIpc) is 2.62. The Morgan fingerprint density at radius 2 is 2.43 bits per heavy atom. The number of ketones is 1. The van der Waals surface area contributed by atoms with Crippen molar-refractivity contribution in [2.45, 2.75) is 45.1 Å². The van der Waals surface area contributed by atoms with Crippen LogP contribution in [-0.4, -0.2) is 18.0 Å². The normalized spacial score (nSPS) is 28.4. The first-order chi connectivity index (χ1) is 6.64. The highest BCUT2D eigenvalue weighted by atomic mass is 16.5. The smallest absolute Gasteiger partial charge is 0.181 e. The molecule has 2 atom stereocenters. The lowest BCUT2D eigenvalue weighted by Crippen LogP contribution is -2.38. The van der Waals surface area contributed by atoms with Gasteiger partial charge in [0.2, 0.25) is 0 Å². The Labute approximate surface area is 85.1 Å². The van der Waals surface area contributed by atoms with Crippen LogP contribution in [0, 0.1) is 17.2 Å². The van der Waals surface area contributed by atoms with E-state index >= 15 is 0 Å². The SMILES string of the molecule is CCCC(C#N)C(=O)C1(C)CCCO1. The van der Waals surface area contributed by atoms with Gasteiger partial charge in [-0.25, -0.2) is 0 Å². The monoisotopic (exact) mass is 195 g/mol. The zero-order valence-corrected chi connectivity index (χ0v) is 8.88. The van der Waals surface area contributed by atoms with E-state index in [0.717, 1.165) is 19.3 Å². The fraction of sp³-hybridized carbons (Fsp3) is 0.818. The van der Waals surface area contributed by atoms with Crippen molar-refractivity contribution < 1.29 is 9.53 Å². The maximum Gasteiger partial charge on any atom is 0.181 e. The van der Waals surface area contributed by atoms with Gasteiger partial charge < -0.3 is 4.74 Å². The van der Waals surface area contributed by atoms with Crippen molar-refractivity contribution in [2.75, 3.05) is 6.61 Å². The number of rotatable bonds is 4. The molecule has 2 unspecified atom stereocenters. The molecule has 0 spiro atoms. The standard InChI is InChI=1S/C11H17NO2/c1-3-5-9(8-12)10(13)11(2)6-4-7-14-11/h9H,3-7H2,1-2H3. The van der Waals surface area contributed by atoms with Crippen molar-refractivity contribution in [1.82, 2.24) is 0 Å². The summed E-state index contributed by atoms with van der Waals surface area (Å²) < 4.78 is 5.43. The first kappa shape index (κ1) is 11.2. The molecular weight excluding hydrogens is 178 g/mol. The molecule has 1 aliphatic heterocycles. The summed E-state index contributed by atoms with van der Waals surface area (Å²) in [5.41, 5.74) is -0.685. The van der Waals surface area contributed by atoms with Crippen LogP contribution in [0.25, 0.3) is 0 Å². The summed E-state index contributed by atoms with van der Waals surface area (Å²) in [5, 5.41) is 8.88.